The maximum atomic E-state index is 14.2. The Morgan fingerprint density at radius 3 is 2.45 bits per heavy atom. The molecular weight excluding hydrogens is 251 g/mol. The molecular formula is C17H21FN2. The number of hydrogen-bond acceptors (Lipinski definition) is 2. The fourth-order valence-corrected chi connectivity index (χ4v) is 2.63. The van der Waals surface area contributed by atoms with Crippen LogP contribution in [0.2, 0.25) is 0 Å². The Morgan fingerprint density at radius 2 is 1.85 bits per heavy atom. The van der Waals surface area contributed by atoms with Crippen LogP contribution in [0, 0.1) is 19.7 Å². The summed E-state index contributed by atoms with van der Waals surface area (Å²) in [5.74, 6) is 5.45. The molecule has 2 aromatic rings. The topological polar surface area (TPSA) is 38.0 Å². The Morgan fingerprint density at radius 1 is 1.15 bits per heavy atom. The highest BCUT2D eigenvalue weighted by atomic mass is 19.1. The lowest BCUT2D eigenvalue weighted by atomic mass is 9.94. The highest BCUT2D eigenvalue weighted by Gasteiger charge is 2.17. The maximum Gasteiger partial charge on any atom is 0.128 e. The lowest BCUT2D eigenvalue weighted by molar-refractivity contribution is 0.482. The molecule has 0 radical (unpaired) electrons. The molecule has 0 fully saturated rings. The Labute approximate surface area is 119 Å². The molecule has 106 valence electrons. The van der Waals surface area contributed by atoms with E-state index in [0.717, 1.165) is 24.0 Å². The van der Waals surface area contributed by atoms with E-state index in [9.17, 15) is 4.39 Å². The molecule has 3 N–H and O–H groups in total. The van der Waals surface area contributed by atoms with Gasteiger partial charge in [-0.25, -0.2) is 4.39 Å². The van der Waals surface area contributed by atoms with Crippen molar-refractivity contribution in [2.45, 2.75) is 32.7 Å². The largest absolute Gasteiger partial charge is 0.271 e. The smallest absolute Gasteiger partial charge is 0.128 e. The summed E-state index contributed by atoms with van der Waals surface area (Å²) in [6.07, 6.45) is 1.63. The van der Waals surface area contributed by atoms with Crippen molar-refractivity contribution in [2.75, 3.05) is 0 Å². The van der Waals surface area contributed by atoms with Crippen molar-refractivity contribution < 1.29 is 4.39 Å². The van der Waals surface area contributed by atoms with E-state index in [1.54, 1.807) is 6.07 Å². The zero-order valence-corrected chi connectivity index (χ0v) is 12.0. The molecule has 1 unspecified atom stereocenters. The number of aryl methyl sites for hydroxylation is 3. The molecule has 0 saturated heterocycles. The molecule has 2 rings (SSSR count). The van der Waals surface area contributed by atoms with Gasteiger partial charge in [-0.1, -0.05) is 36.4 Å². The van der Waals surface area contributed by atoms with Gasteiger partial charge in [0.1, 0.15) is 5.82 Å². The Hall–Kier alpha value is -1.71. The summed E-state index contributed by atoms with van der Waals surface area (Å²) >= 11 is 0. The third-order valence-electron chi connectivity index (χ3n) is 3.59. The van der Waals surface area contributed by atoms with E-state index in [4.69, 9.17) is 5.84 Å². The van der Waals surface area contributed by atoms with Gasteiger partial charge < -0.3 is 0 Å². The first-order chi connectivity index (χ1) is 9.61. The number of nitrogens with two attached hydrogens (primary N) is 1. The van der Waals surface area contributed by atoms with Crippen LogP contribution in [0.5, 0.6) is 0 Å². The van der Waals surface area contributed by atoms with Gasteiger partial charge >= 0.3 is 0 Å². The van der Waals surface area contributed by atoms with Crippen molar-refractivity contribution in [3.63, 3.8) is 0 Å². The zero-order chi connectivity index (χ0) is 14.5. The van der Waals surface area contributed by atoms with Gasteiger partial charge in [0, 0.05) is 11.6 Å². The van der Waals surface area contributed by atoms with E-state index in [0.29, 0.717) is 5.56 Å². The highest BCUT2D eigenvalue weighted by molar-refractivity contribution is 5.34. The SMILES string of the molecule is Cc1cc(C)c(C(CCc2ccccc2)NN)c(F)c1. The van der Waals surface area contributed by atoms with E-state index in [2.05, 4.69) is 17.6 Å². The molecule has 2 nitrogen and oxygen atoms in total. The lowest BCUT2D eigenvalue weighted by Gasteiger charge is -2.20. The fraction of sp³-hybridized carbons (Fsp3) is 0.294. The average molecular weight is 272 g/mol. The number of hydrogen-bond donors (Lipinski definition) is 2. The third kappa shape index (κ3) is 3.44. The molecule has 0 bridgehead atoms. The molecule has 0 saturated carbocycles. The van der Waals surface area contributed by atoms with Gasteiger partial charge in [0.2, 0.25) is 0 Å². The third-order valence-corrected chi connectivity index (χ3v) is 3.59. The zero-order valence-electron chi connectivity index (χ0n) is 12.0. The van der Waals surface area contributed by atoms with Crippen LogP contribution in [0.4, 0.5) is 4.39 Å². The highest BCUT2D eigenvalue weighted by Crippen LogP contribution is 2.26. The number of rotatable bonds is 5. The molecule has 0 aromatic heterocycles. The number of hydrazine groups is 1. The monoisotopic (exact) mass is 272 g/mol. The molecule has 0 aliphatic heterocycles. The number of benzene rings is 2. The van der Waals surface area contributed by atoms with Gasteiger partial charge in [0.05, 0.1) is 0 Å². The van der Waals surface area contributed by atoms with Gasteiger partial charge in [0.15, 0.2) is 0 Å². The van der Waals surface area contributed by atoms with Gasteiger partial charge in [-0.15, -0.1) is 0 Å². The first kappa shape index (κ1) is 14.7. The van der Waals surface area contributed by atoms with Crippen molar-refractivity contribution >= 4 is 0 Å². The molecule has 1 atom stereocenters. The van der Waals surface area contributed by atoms with Gasteiger partial charge in [-0.3, -0.25) is 11.3 Å². The second kappa shape index (κ2) is 6.64. The molecule has 20 heavy (non-hydrogen) atoms. The van der Waals surface area contributed by atoms with Crippen LogP contribution in [0.25, 0.3) is 0 Å². The standard InChI is InChI=1S/C17H21FN2/c1-12-10-13(2)17(15(18)11-12)16(20-19)9-8-14-6-4-3-5-7-14/h3-7,10-11,16,20H,8-9,19H2,1-2H3. The number of nitrogens with one attached hydrogen (secondary N) is 1. The van der Waals surface area contributed by atoms with Crippen molar-refractivity contribution in [1.29, 1.82) is 0 Å². The van der Waals surface area contributed by atoms with Crippen LogP contribution < -0.4 is 11.3 Å². The molecule has 0 spiro atoms. The molecule has 0 amide bonds. The average Bonchev–Trinajstić information content (AvgIpc) is 2.42. The summed E-state index contributed by atoms with van der Waals surface area (Å²) in [7, 11) is 0. The lowest BCUT2D eigenvalue weighted by Crippen LogP contribution is -2.29. The van der Waals surface area contributed by atoms with E-state index < -0.39 is 0 Å². The van der Waals surface area contributed by atoms with Crippen LogP contribution in [0.3, 0.4) is 0 Å². The van der Waals surface area contributed by atoms with Gasteiger partial charge in [0.25, 0.3) is 0 Å². The summed E-state index contributed by atoms with van der Waals surface area (Å²) in [5.41, 5.74) is 6.53. The summed E-state index contributed by atoms with van der Waals surface area (Å²) in [4.78, 5) is 0. The molecule has 0 aliphatic carbocycles. The Kier molecular flexibility index (Phi) is 4.88. The summed E-state index contributed by atoms with van der Waals surface area (Å²) in [6.45, 7) is 3.83. The summed E-state index contributed by atoms with van der Waals surface area (Å²) in [5, 5.41) is 0. The normalized spacial score (nSPS) is 12.4. The van der Waals surface area contributed by atoms with Crippen LogP contribution in [0.15, 0.2) is 42.5 Å². The van der Waals surface area contributed by atoms with E-state index in [-0.39, 0.29) is 11.9 Å². The van der Waals surface area contributed by atoms with Crippen molar-refractivity contribution in [3.05, 3.63) is 70.5 Å². The molecule has 0 heterocycles. The van der Waals surface area contributed by atoms with Crippen LogP contribution >= 0.6 is 0 Å². The molecule has 3 heteroatoms. The minimum absolute atomic E-state index is 0.171. The number of halogens is 1. The summed E-state index contributed by atoms with van der Waals surface area (Å²) < 4.78 is 14.2. The van der Waals surface area contributed by atoms with Crippen LogP contribution in [0.1, 0.15) is 34.7 Å². The van der Waals surface area contributed by atoms with Crippen LogP contribution in [-0.2, 0) is 6.42 Å². The molecule has 0 aliphatic rings. The van der Waals surface area contributed by atoms with Crippen molar-refractivity contribution in [1.82, 2.24) is 5.43 Å². The Balaban J connectivity index is 2.17. The maximum absolute atomic E-state index is 14.2. The predicted molar refractivity (Wildman–Crippen MR) is 80.7 cm³/mol. The predicted octanol–water partition coefficient (Wildman–Crippen LogP) is 3.58. The second-order valence-corrected chi connectivity index (χ2v) is 5.22. The molecule has 2 aromatic carbocycles. The minimum Gasteiger partial charge on any atom is -0.271 e. The first-order valence-electron chi connectivity index (χ1n) is 6.88. The Bertz CT molecular complexity index is 543. The van der Waals surface area contributed by atoms with Crippen molar-refractivity contribution in [3.8, 4) is 0 Å². The summed E-state index contributed by atoms with van der Waals surface area (Å²) in [6, 6.07) is 13.6. The quantitative estimate of drug-likeness (QED) is 0.645. The minimum atomic E-state index is -0.182. The second-order valence-electron chi connectivity index (χ2n) is 5.22. The first-order valence-corrected chi connectivity index (χ1v) is 6.88. The van der Waals surface area contributed by atoms with E-state index >= 15 is 0 Å². The van der Waals surface area contributed by atoms with Crippen LogP contribution in [-0.4, -0.2) is 0 Å². The van der Waals surface area contributed by atoms with Gasteiger partial charge in [-0.2, -0.15) is 0 Å². The van der Waals surface area contributed by atoms with E-state index in [1.165, 1.54) is 5.56 Å². The van der Waals surface area contributed by atoms with Gasteiger partial charge in [-0.05, 0) is 49.4 Å². The fourth-order valence-electron chi connectivity index (χ4n) is 2.63. The van der Waals surface area contributed by atoms with E-state index in [1.807, 2.05) is 38.1 Å². The van der Waals surface area contributed by atoms with Crippen molar-refractivity contribution in [2.24, 2.45) is 5.84 Å².